The zero-order valence-electron chi connectivity index (χ0n) is 14.3. The Bertz CT molecular complexity index is 335. The number of carboxylic acids is 1. The Kier molecular flexibility index (Phi) is 8.43. The summed E-state index contributed by atoms with van der Waals surface area (Å²) >= 11 is 0. The van der Waals surface area contributed by atoms with E-state index >= 15 is 0 Å². The van der Waals surface area contributed by atoms with E-state index in [0.717, 1.165) is 25.8 Å². The van der Waals surface area contributed by atoms with Gasteiger partial charge in [-0.3, -0.25) is 4.79 Å². The van der Waals surface area contributed by atoms with Crippen LogP contribution in [0.25, 0.3) is 0 Å². The number of nitrogens with two attached hydrogens (primary N) is 1. The molecule has 1 rings (SSSR count). The smallest absolute Gasteiger partial charge is 0.323 e. The summed E-state index contributed by atoms with van der Waals surface area (Å²) in [4.78, 5) is 13.9. The Morgan fingerprint density at radius 2 is 1.86 bits per heavy atom. The Labute approximate surface area is 135 Å². The van der Waals surface area contributed by atoms with Gasteiger partial charge in [0.05, 0.1) is 0 Å². The lowest BCUT2D eigenvalue weighted by Gasteiger charge is -2.28. The van der Waals surface area contributed by atoms with Crippen molar-refractivity contribution in [3.63, 3.8) is 0 Å². The Morgan fingerprint density at radius 3 is 2.41 bits per heavy atom. The van der Waals surface area contributed by atoms with Crippen LogP contribution in [0.2, 0.25) is 13.1 Å². The first-order valence-corrected chi connectivity index (χ1v) is 8.76. The zero-order valence-corrected chi connectivity index (χ0v) is 14.3. The lowest BCUT2D eigenvalue weighted by atomic mass is 9.66. The molecule has 1 atom stereocenters. The van der Waals surface area contributed by atoms with Crippen LogP contribution in [-0.2, 0) is 4.79 Å². The highest BCUT2D eigenvalue weighted by molar-refractivity contribution is 6.48. The molecule has 0 aliphatic heterocycles. The van der Waals surface area contributed by atoms with Gasteiger partial charge in [0.2, 0.25) is 0 Å². The maximum Gasteiger partial charge on any atom is 0.323 e. The van der Waals surface area contributed by atoms with Gasteiger partial charge in [-0.25, -0.2) is 0 Å². The molecule has 0 aromatic rings. The van der Waals surface area contributed by atoms with Crippen LogP contribution in [0, 0.1) is 0 Å². The summed E-state index contributed by atoms with van der Waals surface area (Å²) in [5.74, 6) is -0.895. The van der Waals surface area contributed by atoms with Gasteiger partial charge in [0.15, 0.2) is 0 Å². The maximum absolute atomic E-state index is 11.5. The van der Waals surface area contributed by atoms with Crippen LogP contribution < -0.4 is 5.73 Å². The predicted octanol–water partition coefficient (Wildman–Crippen LogP) is 2.21. The number of nitrogens with zero attached hydrogens (tertiary/aromatic N) is 1. The molecular formula is C16H33BN2O3. The van der Waals surface area contributed by atoms with Gasteiger partial charge in [0.1, 0.15) is 5.54 Å². The van der Waals surface area contributed by atoms with Crippen molar-refractivity contribution < 1.29 is 14.9 Å². The molecule has 1 fully saturated rings. The Morgan fingerprint density at radius 1 is 1.27 bits per heavy atom. The van der Waals surface area contributed by atoms with Gasteiger partial charge < -0.3 is 20.8 Å². The molecule has 0 aromatic heterocycles. The summed E-state index contributed by atoms with van der Waals surface area (Å²) in [5, 5.41) is 18.7. The van der Waals surface area contributed by atoms with E-state index in [-0.39, 0.29) is 6.92 Å². The van der Waals surface area contributed by atoms with E-state index in [4.69, 9.17) is 5.73 Å². The second-order valence-electron chi connectivity index (χ2n) is 7.08. The summed E-state index contributed by atoms with van der Waals surface area (Å²) < 4.78 is 0. The monoisotopic (exact) mass is 312 g/mol. The molecule has 1 aliphatic carbocycles. The van der Waals surface area contributed by atoms with E-state index in [0.29, 0.717) is 25.2 Å². The minimum absolute atomic E-state index is 0.322. The molecule has 0 aromatic carbocycles. The van der Waals surface area contributed by atoms with Gasteiger partial charge in [-0.1, -0.05) is 32.5 Å². The Balaban J connectivity index is 2.30. The number of hydrogen-bond acceptors (Lipinski definition) is 4. The highest BCUT2D eigenvalue weighted by Crippen LogP contribution is 2.24. The third-order valence-electron chi connectivity index (χ3n) is 5.00. The highest BCUT2D eigenvalue weighted by atomic mass is 16.4. The quantitative estimate of drug-likeness (QED) is 0.402. The molecule has 5 nitrogen and oxygen atoms in total. The van der Waals surface area contributed by atoms with Crippen LogP contribution in [0.15, 0.2) is 0 Å². The van der Waals surface area contributed by atoms with Crippen LogP contribution in [0.4, 0.5) is 0 Å². The summed E-state index contributed by atoms with van der Waals surface area (Å²) in [6.07, 6.45) is 9.29. The van der Waals surface area contributed by atoms with Crippen LogP contribution >= 0.6 is 0 Å². The van der Waals surface area contributed by atoms with E-state index in [2.05, 4.69) is 11.9 Å². The number of hydrogen-bond donors (Lipinski definition) is 3. The van der Waals surface area contributed by atoms with Crippen molar-refractivity contribution in [2.24, 2.45) is 5.73 Å². The van der Waals surface area contributed by atoms with E-state index in [9.17, 15) is 14.9 Å². The van der Waals surface area contributed by atoms with Crippen LogP contribution in [0.1, 0.15) is 57.8 Å². The van der Waals surface area contributed by atoms with E-state index < -0.39 is 11.5 Å². The molecule has 0 heterocycles. The van der Waals surface area contributed by atoms with Crippen LogP contribution in [0.3, 0.4) is 0 Å². The molecule has 22 heavy (non-hydrogen) atoms. The number of carboxylic acid groups (broad SMARTS) is 1. The highest BCUT2D eigenvalue weighted by Gasteiger charge is 2.33. The van der Waals surface area contributed by atoms with E-state index in [1.807, 2.05) is 0 Å². The molecule has 1 saturated carbocycles. The number of rotatable bonds is 11. The topological polar surface area (TPSA) is 86.8 Å². The van der Waals surface area contributed by atoms with Gasteiger partial charge in [0, 0.05) is 6.04 Å². The van der Waals surface area contributed by atoms with Gasteiger partial charge in [0.25, 0.3) is 6.92 Å². The minimum Gasteiger partial charge on any atom is -0.480 e. The largest absolute Gasteiger partial charge is 0.480 e. The van der Waals surface area contributed by atoms with Crippen molar-refractivity contribution >= 4 is 12.9 Å². The lowest BCUT2D eigenvalue weighted by Crippen LogP contribution is -2.48. The fraction of sp³-hybridized carbons (Fsp3) is 0.938. The van der Waals surface area contributed by atoms with E-state index in [1.54, 1.807) is 6.82 Å². The molecule has 6 heteroatoms. The van der Waals surface area contributed by atoms with Crippen molar-refractivity contribution in [3.05, 3.63) is 0 Å². The second kappa shape index (κ2) is 9.53. The summed E-state index contributed by atoms with van der Waals surface area (Å²) in [5.41, 5.74) is 5.00. The fourth-order valence-electron chi connectivity index (χ4n) is 3.39. The average molecular weight is 312 g/mol. The number of unbranched alkanes of at least 4 members (excludes halogenated alkanes) is 1. The third-order valence-corrected chi connectivity index (χ3v) is 5.00. The van der Waals surface area contributed by atoms with Crippen molar-refractivity contribution in [2.75, 3.05) is 13.6 Å². The number of aliphatic carboxylic acids is 1. The lowest BCUT2D eigenvalue weighted by molar-refractivity contribution is -0.144. The molecule has 4 N–H and O–H groups in total. The molecule has 0 radical (unpaired) electrons. The van der Waals surface area contributed by atoms with Crippen molar-refractivity contribution in [1.82, 2.24) is 4.90 Å². The molecule has 0 amide bonds. The molecule has 128 valence electrons. The molecule has 0 spiro atoms. The van der Waals surface area contributed by atoms with Gasteiger partial charge in [-0.15, -0.1) is 0 Å². The summed E-state index contributed by atoms with van der Waals surface area (Å²) in [6.45, 7) is 2.35. The second-order valence-corrected chi connectivity index (χ2v) is 7.08. The first-order valence-electron chi connectivity index (χ1n) is 8.76. The standard InChI is InChI=1S/C16H33BN2O3/c1-17(22)12-6-5-10-16(18,15(20)21)11-7-13-19(2)14-8-3-4-9-14/h14,22H,3-13,18H2,1-2H3,(H,20,21). The van der Waals surface area contributed by atoms with Gasteiger partial charge in [-0.2, -0.15) is 0 Å². The fourth-order valence-corrected chi connectivity index (χ4v) is 3.39. The van der Waals surface area contributed by atoms with Crippen LogP contribution in [0.5, 0.6) is 0 Å². The summed E-state index contributed by atoms with van der Waals surface area (Å²) in [6, 6.07) is 0.669. The number of carbonyl (C=O) groups is 1. The van der Waals surface area contributed by atoms with Gasteiger partial charge in [-0.05, 0) is 52.0 Å². The molecular weight excluding hydrogens is 279 g/mol. The average Bonchev–Trinajstić information content (AvgIpc) is 2.97. The SMILES string of the molecule is CB(O)CCCCC(N)(CCCN(C)C1CCCC1)C(=O)O. The summed E-state index contributed by atoms with van der Waals surface area (Å²) in [7, 11) is 2.14. The third kappa shape index (κ3) is 6.67. The molecule has 0 saturated heterocycles. The molecule has 1 unspecified atom stereocenters. The molecule has 1 aliphatic rings. The van der Waals surface area contributed by atoms with Crippen molar-refractivity contribution in [3.8, 4) is 0 Å². The first-order chi connectivity index (χ1) is 10.3. The van der Waals surface area contributed by atoms with Crippen LogP contribution in [-0.4, -0.2) is 53.1 Å². The zero-order chi connectivity index (χ0) is 16.6. The Hall–Kier alpha value is -0.585. The van der Waals surface area contributed by atoms with Gasteiger partial charge >= 0.3 is 5.97 Å². The van der Waals surface area contributed by atoms with Crippen molar-refractivity contribution in [1.29, 1.82) is 0 Å². The predicted molar refractivity (Wildman–Crippen MR) is 91.2 cm³/mol. The van der Waals surface area contributed by atoms with E-state index in [1.165, 1.54) is 25.7 Å². The minimum atomic E-state index is -1.12. The maximum atomic E-state index is 11.5. The normalized spacial score (nSPS) is 18.6. The van der Waals surface area contributed by atoms with Crippen molar-refractivity contribution in [2.45, 2.75) is 82.5 Å². The first kappa shape index (κ1) is 19.5. The molecule has 0 bridgehead atoms.